The third-order valence-electron chi connectivity index (χ3n) is 3.38. The molecule has 0 aliphatic heterocycles. The summed E-state index contributed by atoms with van der Waals surface area (Å²) in [5, 5.41) is 0. The SMILES string of the molecule is CCOc1c(OC)cccc1-c1nc2ccc(C)cc2[nH]1. The van der Waals surface area contributed by atoms with Crippen molar-refractivity contribution in [2.75, 3.05) is 13.7 Å². The third kappa shape index (κ3) is 2.44. The quantitative estimate of drug-likeness (QED) is 0.788. The van der Waals surface area contributed by atoms with Gasteiger partial charge in [0.2, 0.25) is 0 Å². The molecule has 0 spiro atoms. The number of imidazole rings is 1. The van der Waals surface area contributed by atoms with Crippen LogP contribution in [0.2, 0.25) is 0 Å². The predicted octanol–water partition coefficient (Wildman–Crippen LogP) is 3.95. The van der Waals surface area contributed by atoms with Gasteiger partial charge in [-0.1, -0.05) is 12.1 Å². The van der Waals surface area contributed by atoms with Gasteiger partial charge in [0.05, 0.1) is 30.3 Å². The van der Waals surface area contributed by atoms with Crippen LogP contribution >= 0.6 is 0 Å². The lowest BCUT2D eigenvalue weighted by Gasteiger charge is -2.12. The van der Waals surface area contributed by atoms with Crippen LogP contribution < -0.4 is 9.47 Å². The summed E-state index contributed by atoms with van der Waals surface area (Å²) in [6.45, 7) is 4.60. The van der Waals surface area contributed by atoms with Gasteiger partial charge in [-0.3, -0.25) is 0 Å². The van der Waals surface area contributed by atoms with Crippen LogP contribution in [0.15, 0.2) is 36.4 Å². The molecule has 0 radical (unpaired) electrons. The molecule has 0 bridgehead atoms. The van der Waals surface area contributed by atoms with Gasteiger partial charge in [-0.25, -0.2) is 4.98 Å². The molecular formula is C17H18N2O2. The normalized spacial score (nSPS) is 10.8. The number of hydrogen-bond acceptors (Lipinski definition) is 3. The number of aromatic nitrogens is 2. The molecule has 0 atom stereocenters. The van der Waals surface area contributed by atoms with Gasteiger partial charge >= 0.3 is 0 Å². The fraction of sp³-hybridized carbons (Fsp3) is 0.235. The van der Waals surface area contributed by atoms with Crippen molar-refractivity contribution in [2.45, 2.75) is 13.8 Å². The van der Waals surface area contributed by atoms with E-state index in [0.717, 1.165) is 28.2 Å². The number of hydrogen-bond donors (Lipinski definition) is 1. The second-order valence-corrected chi connectivity index (χ2v) is 4.88. The van der Waals surface area contributed by atoms with Crippen molar-refractivity contribution in [3.05, 3.63) is 42.0 Å². The minimum atomic E-state index is 0.576. The summed E-state index contributed by atoms with van der Waals surface area (Å²) in [6.07, 6.45) is 0. The highest BCUT2D eigenvalue weighted by Gasteiger charge is 2.15. The molecular weight excluding hydrogens is 264 g/mol. The van der Waals surface area contributed by atoms with Crippen molar-refractivity contribution in [1.82, 2.24) is 9.97 Å². The Morgan fingerprint density at radius 2 is 2.05 bits per heavy atom. The van der Waals surface area contributed by atoms with Gasteiger partial charge in [-0.2, -0.15) is 0 Å². The van der Waals surface area contributed by atoms with Gasteiger partial charge in [0.25, 0.3) is 0 Å². The first-order valence-electron chi connectivity index (χ1n) is 6.99. The van der Waals surface area contributed by atoms with Crippen molar-refractivity contribution in [1.29, 1.82) is 0 Å². The minimum absolute atomic E-state index is 0.576. The van der Waals surface area contributed by atoms with Crippen molar-refractivity contribution < 1.29 is 9.47 Å². The zero-order chi connectivity index (χ0) is 14.8. The standard InChI is InChI=1S/C17H18N2O2/c1-4-21-16-12(6-5-7-15(16)20-3)17-18-13-9-8-11(2)10-14(13)19-17/h5-10H,4H2,1-3H3,(H,18,19). The number of nitrogens with one attached hydrogen (secondary N) is 1. The third-order valence-corrected chi connectivity index (χ3v) is 3.38. The fourth-order valence-electron chi connectivity index (χ4n) is 2.41. The van der Waals surface area contributed by atoms with Gasteiger partial charge in [0, 0.05) is 0 Å². The monoisotopic (exact) mass is 282 g/mol. The molecule has 4 nitrogen and oxygen atoms in total. The Hall–Kier alpha value is -2.49. The molecule has 3 aromatic rings. The van der Waals surface area contributed by atoms with Crippen LogP contribution in [0.1, 0.15) is 12.5 Å². The number of benzene rings is 2. The fourth-order valence-corrected chi connectivity index (χ4v) is 2.41. The molecule has 0 fully saturated rings. The zero-order valence-corrected chi connectivity index (χ0v) is 12.4. The Balaban J connectivity index is 2.17. The first kappa shape index (κ1) is 13.5. The van der Waals surface area contributed by atoms with Crippen LogP contribution in [0, 0.1) is 6.92 Å². The molecule has 1 N–H and O–H groups in total. The van der Waals surface area contributed by atoms with E-state index >= 15 is 0 Å². The molecule has 4 heteroatoms. The van der Waals surface area contributed by atoms with E-state index in [1.54, 1.807) is 7.11 Å². The predicted molar refractivity (Wildman–Crippen MR) is 84.0 cm³/mol. The number of rotatable bonds is 4. The first-order chi connectivity index (χ1) is 10.2. The van der Waals surface area contributed by atoms with Gasteiger partial charge in [0.15, 0.2) is 11.5 Å². The molecule has 0 aliphatic rings. The Morgan fingerprint density at radius 1 is 1.19 bits per heavy atom. The average molecular weight is 282 g/mol. The lowest BCUT2D eigenvalue weighted by molar-refractivity contribution is 0.312. The summed E-state index contributed by atoms with van der Waals surface area (Å²) in [5.41, 5.74) is 4.08. The molecule has 108 valence electrons. The van der Waals surface area contributed by atoms with E-state index in [4.69, 9.17) is 9.47 Å². The molecule has 0 unspecified atom stereocenters. The molecule has 0 aliphatic carbocycles. The smallest absolute Gasteiger partial charge is 0.172 e. The summed E-state index contributed by atoms with van der Waals surface area (Å²) in [4.78, 5) is 8.01. The van der Waals surface area contributed by atoms with E-state index in [1.807, 2.05) is 31.2 Å². The van der Waals surface area contributed by atoms with Crippen LogP contribution in [-0.4, -0.2) is 23.7 Å². The van der Waals surface area contributed by atoms with Crippen LogP contribution in [0.25, 0.3) is 22.4 Å². The number of fused-ring (bicyclic) bond motifs is 1. The van der Waals surface area contributed by atoms with E-state index < -0.39 is 0 Å². The number of methoxy groups -OCH3 is 1. The van der Waals surface area contributed by atoms with Crippen LogP contribution in [0.4, 0.5) is 0 Å². The first-order valence-corrected chi connectivity index (χ1v) is 6.99. The van der Waals surface area contributed by atoms with Crippen molar-refractivity contribution in [3.63, 3.8) is 0 Å². The summed E-state index contributed by atoms with van der Waals surface area (Å²) in [5.74, 6) is 2.22. The number of ether oxygens (including phenoxy) is 2. The summed E-state index contributed by atoms with van der Waals surface area (Å²) < 4.78 is 11.1. The number of para-hydroxylation sites is 1. The van der Waals surface area contributed by atoms with E-state index in [0.29, 0.717) is 12.4 Å². The van der Waals surface area contributed by atoms with Gasteiger partial charge in [-0.05, 0) is 43.7 Å². The maximum Gasteiger partial charge on any atom is 0.172 e. The highest BCUT2D eigenvalue weighted by atomic mass is 16.5. The van der Waals surface area contributed by atoms with Crippen LogP contribution in [0.5, 0.6) is 11.5 Å². The summed E-state index contributed by atoms with van der Waals surface area (Å²) >= 11 is 0. The Morgan fingerprint density at radius 3 is 2.81 bits per heavy atom. The second kappa shape index (κ2) is 5.48. The lowest BCUT2D eigenvalue weighted by atomic mass is 10.1. The highest BCUT2D eigenvalue weighted by Crippen LogP contribution is 2.37. The molecule has 1 heterocycles. The van der Waals surface area contributed by atoms with Gasteiger partial charge in [0.1, 0.15) is 5.82 Å². The molecule has 3 rings (SSSR count). The van der Waals surface area contributed by atoms with Crippen molar-refractivity contribution in [3.8, 4) is 22.9 Å². The number of H-pyrrole nitrogens is 1. The van der Waals surface area contributed by atoms with Crippen LogP contribution in [-0.2, 0) is 0 Å². The van der Waals surface area contributed by atoms with Crippen LogP contribution in [0.3, 0.4) is 0 Å². The van der Waals surface area contributed by atoms with Crippen molar-refractivity contribution >= 4 is 11.0 Å². The minimum Gasteiger partial charge on any atom is -0.493 e. The maximum atomic E-state index is 5.75. The Bertz CT molecular complexity index is 778. The number of nitrogens with zero attached hydrogens (tertiary/aromatic N) is 1. The molecule has 0 saturated carbocycles. The molecule has 0 saturated heterocycles. The average Bonchev–Trinajstić information content (AvgIpc) is 2.90. The summed E-state index contributed by atoms with van der Waals surface area (Å²) in [7, 11) is 1.64. The topological polar surface area (TPSA) is 47.1 Å². The van der Waals surface area contributed by atoms with Gasteiger partial charge in [-0.15, -0.1) is 0 Å². The molecule has 2 aromatic carbocycles. The maximum absolute atomic E-state index is 5.75. The second-order valence-electron chi connectivity index (χ2n) is 4.88. The Kier molecular flexibility index (Phi) is 3.52. The zero-order valence-electron chi connectivity index (χ0n) is 12.4. The van der Waals surface area contributed by atoms with E-state index in [-0.39, 0.29) is 0 Å². The molecule has 1 aromatic heterocycles. The van der Waals surface area contributed by atoms with Gasteiger partial charge < -0.3 is 14.5 Å². The number of aryl methyl sites for hydroxylation is 1. The lowest BCUT2D eigenvalue weighted by Crippen LogP contribution is -1.98. The van der Waals surface area contributed by atoms with E-state index in [1.165, 1.54) is 5.56 Å². The highest BCUT2D eigenvalue weighted by molar-refractivity contribution is 5.82. The molecule has 0 amide bonds. The Labute approximate surface area is 123 Å². The number of aromatic amines is 1. The van der Waals surface area contributed by atoms with Crippen molar-refractivity contribution in [2.24, 2.45) is 0 Å². The summed E-state index contributed by atoms with van der Waals surface area (Å²) in [6, 6.07) is 12.0. The van der Waals surface area contributed by atoms with E-state index in [2.05, 4.69) is 29.0 Å². The largest absolute Gasteiger partial charge is 0.493 e. The van der Waals surface area contributed by atoms with E-state index in [9.17, 15) is 0 Å². The molecule has 21 heavy (non-hydrogen) atoms.